The van der Waals surface area contributed by atoms with Gasteiger partial charge in [0.15, 0.2) is 5.17 Å². The molecule has 1 fully saturated rings. The fraction of sp³-hybridized carbons (Fsp3) is 0.125. The number of alkyl halides is 3. The van der Waals surface area contributed by atoms with E-state index in [1.165, 1.54) is 17.0 Å². The minimum Gasteiger partial charge on any atom is -0.326 e. The van der Waals surface area contributed by atoms with Crippen LogP contribution in [0, 0.1) is 0 Å². The van der Waals surface area contributed by atoms with Crippen LogP contribution in [0.25, 0.3) is 0 Å². The van der Waals surface area contributed by atoms with Gasteiger partial charge < -0.3 is 5.32 Å². The van der Waals surface area contributed by atoms with Crippen molar-refractivity contribution in [2.45, 2.75) is 17.8 Å². The van der Waals surface area contributed by atoms with Crippen molar-refractivity contribution in [3.05, 3.63) is 90.5 Å². The normalized spacial score (nSPS) is 17.4. The van der Waals surface area contributed by atoms with E-state index < -0.39 is 22.9 Å². The highest BCUT2D eigenvalue weighted by molar-refractivity contribution is 8.16. The maximum absolute atomic E-state index is 13.2. The van der Waals surface area contributed by atoms with Gasteiger partial charge in [0.2, 0.25) is 11.8 Å². The van der Waals surface area contributed by atoms with Gasteiger partial charge in [0.25, 0.3) is 0 Å². The number of nitrogens with one attached hydrogen (secondary N) is 1. The minimum absolute atomic E-state index is 0.0170. The van der Waals surface area contributed by atoms with Gasteiger partial charge in [-0.1, -0.05) is 54.2 Å². The molecular weight excluding hydrogens is 451 g/mol. The van der Waals surface area contributed by atoms with Crippen molar-refractivity contribution in [2.24, 2.45) is 4.99 Å². The van der Waals surface area contributed by atoms with E-state index in [1.54, 1.807) is 36.4 Å². The van der Waals surface area contributed by atoms with E-state index in [0.29, 0.717) is 16.5 Å². The average molecular weight is 469 g/mol. The number of amides is 2. The number of nitrogens with zero attached hydrogens (tertiary/aromatic N) is 2. The molecular formula is C24H18F3N3O2S. The Labute approximate surface area is 192 Å². The molecule has 3 aromatic rings. The van der Waals surface area contributed by atoms with Crippen LogP contribution in [0.5, 0.6) is 0 Å². The van der Waals surface area contributed by atoms with Crippen molar-refractivity contribution in [2.75, 3.05) is 10.2 Å². The second-order valence-electron chi connectivity index (χ2n) is 7.18. The lowest BCUT2D eigenvalue weighted by atomic mass is 10.2. The van der Waals surface area contributed by atoms with Crippen molar-refractivity contribution in [1.29, 1.82) is 0 Å². The Morgan fingerprint density at radius 3 is 2.30 bits per heavy atom. The molecule has 1 saturated heterocycles. The first-order chi connectivity index (χ1) is 15.8. The van der Waals surface area contributed by atoms with Crippen LogP contribution in [0.3, 0.4) is 0 Å². The minimum atomic E-state index is -4.52. The topological polar surface area (TPSA) is 61.8 Å². The van der Waals surface area contributed by atoms with Crippen LogP contribution in [0.15, 0.2) is 89.9 Å². The highest BCUT2D eigenvalue weighted by atomic mass is 32.2. The van der Waals surface area contributed by atoms with Gasteiger partial charge in [0, 0.05) is 12.1 Å². The number of hydrogen-bond donors (Lipinski definition) is 1. The summed E-state index contributed by atoms with van der Waals surface area (Å²) in [6.07, 6.45) is -4.73. The number of para-hydroxylation sites is 2. The van der Waals surface area contributed by atoms with Crippen molar-refractivity contribution in [3.8, 4) is 0 Å². The lowest BCUT2D eigenvalue weighted by molar-refractivity contribution is -0.137. The van der Waals surface area contributed by atoms with Crippen LogP contribution in [-0.2, 0) is 15.8 Å². The predicted octanol–water partition coefficient (Wildman–Crippen LogP) is 5.87. The number of carbonyl (C=O) groups is 2. The van der Waals surface area contributed by atoms with E-state index in [0.717, 1.165) is 23.9 Å². The summed E-state index contributed by atoms with van der Waals surface area (Å²) in [5, 5.41) is 2.12. The number of carbonyl (C=O) groups excluding carboxylic acids is 2. The van der Waals surface area contributed by atoms with Gasteiger partial charge in [-0.2, -0.15) is 13.2 Å². The number of amidine groups is 1. The van der Waals surface area contributed by atoms with E-state index in [-0.39, 0.29) is 18.0 Å². The van der Waals surface area contributed by atoms with Gasteiger partial charge >= 0.3 is 6.18 Å². The number of thioether (sulfide) groups is 1. The maximum Gasteiger partial charge on any atom is 0.416 e. The number of benzene rings is 3. The molecule has 33 heavy (non-hydrogen) atoms. The van der Waals surface area contributed by atoms with Crippen molar-refractivity contribution >= 4 is 45.8 Å². The standard InChI is InChI=1S/C24H18F3N3O2S/c25-24(26,27)16-8-7-11-18(14-16)28-21(31)15-20-22(32)30(19-12-5-2-6-13-19)23(33-20)29-17-9-3-1-4-10-17/h1-14,20H,15H2,(H,28,31)/t20-/m1/s1. The third-order valence-corrected chi connectivity index (χ3v) is 5.91. The van der Waals surface area contributed by atoms with Gasteiger partial charge in [0.1, 0.15) is 5.25 Å². The number of hydrogen-bond acceptors (Lipinski definition) is 4. The molecule has 0 unspecified atom stereocenters. The van der Waals surface area contributed by atoms with Crippen LogP contribution >= 0.6 is 11.8 Å². The van der Waals surface area contributed by atoms with Crippen LogP contribution in [0.2, 0.25) is 0 Å². The Morgan fingerprint density at radius 1 is 0.970 bits per heavy atom. The highest BCUT2D eigenvalue weighted by Gasteiger charge is 2.40. The molecule has 1 heterocycles. The summed E-state index contributed by atoms with van der Waals surface area (Å²) >= 11 is 1.15. The molecule has 5 nitrogen and oxygen atoms in total. The molecule has 0 saturated carbocycles. The Morgan fingerprint density at radius 2 is 1.64 bits per heavy atom. The smallest absolute Gasteiger partial charge is 0.326 e. The summed E-state index contributed by atoms with van der Waals surface area (Å²) in [6.45, 7) is 0. The number of aliphatic imine (C=N–C) groups is 1. The molecule has 1 atom stereocenters. The van der Waals surface area contributed by atoms with Crippen molar-refractivity contribution in [1.82, 2.24) is 0 Å². The third kappa shape index (κ3) is 5.43. The molecule has 0 spiro atoms. The molecule has 3 aromatic carbocycles. The summed E-state index contributed by atoms with van der Waals surface area (Å²) in [6, 6.07) is 22.4. The van der Waals surface area contributed by atoms with E-state index in [4.69, 9.17) is 0 Å². The first-order valence-corrected chi connectivity index (χ1v) is 10.9. The molecule has 1 N–H and O–H groups in total. The Hall–Kier alpha value is -3.59. The van der Waals surface area contributed by atoms with Gasteiger partial charge in [-0.25, -0.2) is 4.99 Å². The molecule has 2 amide bonds. The number of anilines is 2. The molecule has 1 aliphatic heterocycles. The van der Waals surface area contributed by atoms with E-state index in [9.17, 15) is 22.8 Å². The first-order valence-electron chi connectivity index (χ1n) is 9.98. The number of halogens is 3. The highest BCUT2D eigenvalue weighted by Crippen LogP contribution is 2.35. The lowest BCUT2D eigenvalue weighted by Gasteiger charge is -2.16. The summed E-state index contributed by atoms with van der Waals surface area (Å²) in [5.41, 5.74) is 0.427. The fourth-order valence-corrected chi connectivity index (χ4v) is 4.41. The monoisotopic (exact) mass is 469 g/mol. The molecule has 1 aliphatic rings. The molecule has 0 aromatic heterocycles. The van der Waals surface area contributed by atoms with Crippen molar-refractivity contribution < 1.29 is 22.8 Å². The average Bonchev–Trinajstić information content (AvgIpc) is 3.09. The van der Waals surface area contributed by atoms with E-state index in [2.05, 4.69) is 10.3 Å². The summed E-state index contributed by atoms with van der Waals surface area (Å²) in [4.78, 5) is 31.8. The SMILES string of the molecule is O=C(C[C@H]1SC(=Nc2ccccc2)N(c2ccccc2)C1=O)Nc1cccc(C(F)(F)F)c1. The second-order valence-corrected chi connectivity index (χ2v) is 8.35. The quantitative estimate of drug-likeness (QED) is 0.508. The summed E-state index contributed by atoms with van der Waals surface area (Å²) in [5.74, 6) is -0.880. The zero-order valence-corrected chi connectivity index (χ0v) is 17.9. The van der Waals surface area contributed by atoms with Gasteiger partial charge in [-0.3, -0.25) is 14.5 Å². The Kier molecular flexibility index (Phi) is 6.50. The Bertz CT molecular complexity index is 1180. The Balaban J connectivity index is 1.54. The zero-order valence-electron chi connectivity index (χ0n) is 17.1. The van der Waals surface area contributed by atoms with Crippen LogP contribution < -0.4 is 10.2 Å². The van der Waals surface area contributed by atoms with Gasteiger partial charge in [-0.15, -0.1) is 0 Å². The molecule has 168 valence electrons. The van der Waals surface area contributed by atoms with Crippen LogP contribution in [0.4, 0.5) is 30.2 Å². The maximum atomic E-state index is 13.2. The molecule has 9 heteroatoms. The zero-order chi connectivity index (χ0) is 23.4. The van der Waals surface area contributed by atoms with Crippen LogP contribution in [-0.4, -0.2) is 22.2 Å². The van der Waals surface area contributed by atoms with Crippen LogP contribution in [0.1, 0.15) is 12.0 Å². The first kappa shape index (κ1) is 22.6. The lowest BCUT2D eigenvalue weighted by Crippen LogP contribution is -2.33. The summed E-state index contributed by atoms with van der Waals surface area (Å²) in [7, 11) is 0. The molecule has 0 aliphatic carbocycles. The molecule has 0 bridgehead atoms. The van der Waals surface area contributed by atoms with E-state index >= 15 is 0 Å². The van der Waals surface area contributed by atoms with Gasteiger partial charge in [0.05, 0.1) is 16.9 Å². The molecule has 4 rings (SSSR count). The van der Waals surface area contributed by atoms with Gasteiger partial charge in [-0.05, 0) is 42.5 Å². The van der Waals surface area contributed by atoms with Crippen molar-refractivity contribution in [3.63, 3.8) is 0 Å². The fourth-order valence-electron chi connectivity index (χ4n) is 3.26. The largest absolute Gasteiger partial charge is 0.416 e. The molecule has 0 radical (unpaired) electrons. The predicted molar refractivity (Wildman–Crippen MR) is 124 cm³/mol. The summed E-state index contributed by atoms with van der Waals surface area (Å²) < 4.78 is 38.8. The van der Waals surface area contributed by atoms with E-state index in [1.807, 2.05) is 24.3 Å². The third-order valence-electron chi connectivity index (χ3n) is 4.77. The second kappa shape index (κ2) is 9.50. The number of rotatable bonds is 5.